The van der Waals surface area contributed by atoms with Gasteiger partial charge >= 0.3 is 0 Å². The summed E-state index contributed by atoms with van der Waals surface area (Å²) in [6.07, 6.45) is 5.31. The second kappa shape index (κ2) is 10.9. The molecule has 34 heavy (non-hydrogen) atoms. The Hall–Kier alpha value is -2.44. The monoisotopic (exact) mass is 482 g/mol. The Kier molecular flexibility index (Phi) is 7.45. The van der Waals surface area contributed by atoms with E-state index in [1.807, 2.05) is 30.3 Å². The van der Waals surface area contributed by atoms with Gasteiger partial charge in [0.25, 0.3) is 0 Å². The molecule has 0 spiro atoms. The zero-order valence-electron chi connectivity index (χ0n) is 19.6. The van der Waals surface area contributed by atoms with E-state index in [4.69, 9.17) is 26.1 Å². The Balaban J connectivity index is 1.29. The number of benzene rings is 2. The number of fused-ring (bicyclic) bond motifs is 1. The van der Waals surface area contributed by atoms with E-state index >= 15 is 0 Å². The van der Waals surface area contributed by atoms with Crippen molar-refractivity contribution in [2.75, 3.05) is 50.8 Å². The van der Waals surface area contributed by atoms with Gasteiger partial charge in [0.05, 0.1) is 6.04 Å². The van der Waals surface area contributed by atoms with Crippen LogP contribution < -0.4 is 19.5 Å². The van der Waals surface area contributed by atoms with Gasteiger partial charge in [-0.15, -0.1) is 0 Å². The molecule has 0 bridgehead atoms. The van der Waals surface area contributed by atoms with Crippen LogP contribution in [0.2, 0.25) is 5.02 Å². The Morgan fingerprint density at radius 1 is 1.00 bits per heavy atom. The van der Waals surface area contributed by atoms with Crippen LogP contribution in [0.15, 0.2) is 47.5 Å². The minimum atomic E-state index is -0.0576. The molecule has 0 aliphatic carbocycles. The van der Waals surface area contributed by atoms with Gasteiger partial charge in [-0.2, -0.15) is 0 Å². The fourth-order valence-corrected chi connectivity index (χ4v) is 5.34. The van der Waals surface area contributed by atoms with E-state index in [9.17, 15) is 5.11 Å². The zero-order chi connectivity index (χ0) is 23.3. The third-order valence-electron chi connectivity index (χ3n) is 7.03. The summed E-state index contributed by atoms with van der Waals surface area (Å²) >= 11 is 6.03. The Morgan fingerprint density at radius 3 is 2.56 bits per heavy atom. The molecule has 0 aromatic heterocycles. The van der Waals surface area contributed by atoms with Gasteiger partial charge in [-0.25, -0.2) is 0 Å². The van der Waals surface area contributed by atoms with Crippen molar-refractivity contribution in [3.8, 4) is 11.5 Å². The highest BCUT2D eigenvalue weighted by molar-refractivity contribution is 6.30. The number of piperidine rings is 1. The number of aliphatic imine (C=N–C) groups is 1. The molecule has 6 nitrogen and oxygen atoms in total. The van der Waals surface area contributed by atoms with Gasteiger partial charge in [-0.05, 0) is 86.6 Å². The van der Waals surface area contributed by atoms with Crippen molar-refractivity contribution in [2.45, 2.75) is 38.1 Å². The number of nitrogens with zero attached hydrogens (tertiary/aromatic N) is 3. The van der Waals surface area contributed by atoms with Gasteiger partial charge in [0.2, 0.25) is 0 Å². The van der Waals surface area contributed by atoms with Crippen molar-refractivity contribution < 1.29 is 14.6 Å². The maximum absolute atomic E-state index is 13.3. The standard InChI is InChI=1S/C27H34ClN3O3/c28-22-5-7-24(8-6-22)31-13-10-21(18-31)27(32)29-23(19-30-11-2-1-3-12-30)16-20-4-9-25-26(17-20)34-15-14-33-25/h4-9,17,21,23H,1-3,10-16,18-19H2,(H,29,32)/p-1/t21-,23?/m1/s1. The quantitative estimate of drug-likeness (QED) is 0.444. The summed E-state index contributed by atoms with van der Waals surface area (Å²) in [4.78, 5) is 9.53. The van der Waals surface area contributed by atoms with Gasteiger partial charge in [0.1, 0.15) is 13.2 Å². The lowest BCUT2D eigenvalue weighted by molar-refractivity contribution is -0.223. The normalized spacial score (nSPS) is 22.1. The highest BCUT2D eigenvalue weighted by Gasteiger charge is 2.24. The summed E-state index contributed by atoms with van der Waals surface area (Å²) in [7, 11) is 0. The van der Waals surface area contributed by atoms with Crippen LogP contribution in [-0.2, 0) is 6.42 Å². The SMILES string of the molecule is [O-]C(=NC(Cc1ccc2c(c1)OCCO2)CN1CCCCC1)[C@@H]1CCN(c2ccc(Cl)cc2)C1. The van der Waals surface area contributed by atoms with Gasteiger partial charge in [0, 0.05) is 36.3 Å². The van der Waals surface area contributed by atoms with Gasteiger partial charge < -0.3 is 29.4 Å². The molecule has 0 saturated carbocycles. The number of anilines is 1. The number of halogens is 1. The maximum Gasteiger partial charge on any atom is 0.161 e. The molecule has 7 heteroatoms. The second-order valence-electron chi connectivity index (χ2n) is 9.57. The van der Waals surface area contributed by atoms with Crippen LogP contribution in [0.25, 0.3) is 0 Å². The number of rotatable bonds is 7. The van der Waals surface area contributed by atoms with Crippen LogP contribution in [0.1, 0.15) is 31.2 Å². The molecule has 0 amide bonds. The van der Waals surface area contributed by atoms with Crippen LogP contribution in [0.3, 0.4) is 0 Å². The number of ether oxygens (including phenoxy) is 2. The maximum atomic E-state index is 13.3. The molecule has 2 aromatic carbocycles. The van der Waals surface area contributed by atoms with Crippen molar-refractivity contribution >= 4 is 23.2 Å². The summed E-state index contributed by atoms with van der Waals surface area (Å²) in [5.74, 6) is 1.57. The summed E-state index contributed by atoms with van der Waals surface area (Å²) in [6, 6.07) is 13.9. The molecule has 3 heterocycles. The lowest BCUT2D eigenvalue weighted by atomic mass is 10.0. The molecule has 0 radical (unpaired) electrons. The Bertz CT molecular complexity index is 991. The van der Waals surface area contributed by atoms with E-state index in [1.165, 1.54) is 19.3 Å². The summed E-state index contributed by atoms with van der Waals surface area (Å²) in [6.45, 7) is 5.75. The fraction of sp³-hybridized carbons (Fsp3) is 0.519. The summed E-state index contributed by atoms with van der Waals surface area (Å²) in [5, 5.41) is 14.0. The average Bonchev–Trinajstić information content (AvgIpc) is 3.36. The Labute approximate surface area is 207 Å². The predicted molar refractivity (Wildman–Crippen MR) is 134 cm³/mol. The largest absolute Gasteiger partial charge is 0.862 e. The molecular formula is C27H33ClN3O3-. The van der Waals surface area contributed by atoms with Crippen molar-refractivity contribution in [1.29, 1.82) is 0 Å². The van der Waals surface area contributed by atoms with Crippen molar-refractivity contribution in [3.05, 3.63) is 53.1 Å². The topological polar surface area (TPSA) is 60.4 Å². The highest BCUT2D eigenvalue weighted by atomic mass is 35.5. The lowest BCUT2D eigenvalue weighted by Gasteiger charge is -2.31. The van der Waals surface area contributed by atoms with Crippen LogP contribution in [-0.4, -0.2) is 62.8 Å². The van der Waals surface area contributed by atoms with E-state index < -0.39 is 0 Å². The van der Waals surface area contributed by atoms with E-state index in [0.717, 1.165) is 66.8 Å². The summed E-state index contributed by atoms with van der Waals surface area (Å²) in [5.41, 5.74) is 2.25. The smallest absolute Gasteiger partial charge is 0.161 e. The zero-order valence-corrected chi connectivity index (χ0v) is 20.4. The molecule has 5 rings (SSSR count). The van der Waals surface area contributed by atoms with E-state index in [0.29, 0.717) is 19.8 Å². The highest BCUT2D eigenvalue weighted by Crippen LogP contribution is 2.31. The molecule has 3 aliphatic heterocycles. The van der Waals surface area contributed by atoms with Crippen LogP contribution in [0.4, 0.5) is 5.69 Å². The van der Waals surface area contributed by atoms with Crippen LogP contribution >= 0.6 is 11.6 Å². The van der Waals surface area contributed by atoms with E-state index in [-0.39, 0.29) is 17.9 Å². The first-order chi connectivity index (χ1) is 16.6. The third-order valence-corrected chi connectivity index (χ3v) is 7.29. The predicted octanol–water partition coefficient (Wildman–Crippen LogP) is 3.79. The van der Waals surface area contributed by atoms with Crippen molar-refractivity contribution in [2.24, 2.45) is 10.9 Å². The van der Waals surface area contributed by atoms with E-state index in [1.54, 1.807) is 0 Å². The number of hydrogen-bond acceptors (Lipinski definition) is 6. The number of likely N-dealkylation sites (tertiary alicyclic amines) is 1. The first-order valence-electron chi connectivity index (χ1n) is 12.5. The van der Waals surface area contributed by atoms with Gasteiger partial charge in [0.15, 0.2) is 11.5 Å². The summed E-state index contributed by atoms with van der Waals surface area (Å²) < 4.78 is 11.4. The third kappa shape index (κ3) is 5.78. The average molecular weight is 483 g/mol. The van der Waals surface area contributed by atoms with Gasteiger partial charge in [-0.3, -0.25) is 0 Å². The molecule has 2 saturated heterocycles. The van der Waals surface area contributed by atoms with Crippen molar-refractivity contribution in [3.63, 3.8) is 0 Å². The fourth-order valence-electron chi connectivity index (χ4n) is 5.21. The first-order valence-corrected chi connectivity index (χ1v) is 12.9. The molecule has 0 N–H and O–H groups in total. The van der Waals surface area contributed by atoms with E-state index in [2.05, 4.69) is 21.9 Å². The van der Waals surface area contributed by atoms with Crippen LogP contribution in [0, 0.1) is 5.92 Å². The Morgan fingerprint density at radius 2 is 1.76 bits per heavy atom. The molecule has 2 aromatic rings. The molecule has 1 unspecified atom stereocenters. The molecule has 3 aliphatic rings. The first kappa shape index (κ1) is 23.3. The minimum Gasteiger partial charge on any atom is -0.862 e. The van der Waals surface area contributed by atoms with Crippen LogP contribution in [0.5, 0.6) is 11.5 Å². The van der Waals surface area contributed by atoms with Gasteiger partial charge in [-0.1, -0.05) is 24.1 Å². The molecular weight excluding hydrogens is 450 g/mol. The number of hydrogen-bond donors (Lipinski definition) is 0. The minimum absolute atomic E-state index is 0.0380. The lowest BCUT2D eigenvalue weighted by Crippen LogP contribution is -2.39. The molecule has 2 fully saturated rings. The second-order valence-corrected chi connectivity index (χ2v) is 10.0. The van der Waals surface area contributed by atoms with Crippen molar-refractivity contribution in [1.82, 2.24) is 4.90 Å². The molecule has 182 valence electrons. The molecule has 2 atom stereocenters.